The molecule has 1 heterocycles. The molecule has 0 amide bonds. The van der Waals surface area contributed by atoms with Gasteiger partial charge in [0.25, 0.3) is 0 Å². The number of anilines is 1. The highest BCUT2D eigenvalue weighted by atomic mass is 32.1. The average Bonchev–Trinajstić information content (AvgIpc) is 3.05. The van der Waals surface area contributed by atoms with Crippen molar-refractivity contribution in [1.29, 1.82) is 0 Å². The van der Waals surface area contributed by atoms with Crippen LogP contribution in [0, 0.1) is 0 Å². The summed E-state index contributed by atoms with van der Waals surface area (Å²) in [6, 6.07) is 18.5. The number of hydrazone groups is 1. The summed E-state index contributed by atoms with van der Waals surface area (Å²) in [7, 11) is 0. The van der Waals surface area contributed by atoms with Gasteiger partial charge in [0.15, 0.2) is 0 Å². The monoisotopic (exact) mass is 307 g/mol. The minimum absolute atomic E-state index is 0.792. The standard InChI is InChI=1S/C18H17N3S/c1-2-14-8-10-15(11-9-14)12-19-21-18-20-17(13-22-18)16-6-4-3-5-7-16/h3-13H,2H2,1H3,(H,20,21)/b19-12+. The SMILES string of the molecule is CCc1ccc(/C=N/Nc2nc(-c3ccccc3)cs2)cc1. The van der Waals surface area contributed by atoms with Crippen molar-refractivity contribution in [2.45, 2.75) is 13.3 Å². The lowest BCUT2D eigenvalue weighted by atomic mass is 10.1. The first kappa shape index (κ1) is 14.5. The molecule has 3 aromatic rings. The number of thiazole rings is 1. The number of nitrogens with one attached hydrogen (secondary N) is 1. The second-order valence-corrected chi connectivity index (χ2v) is 5.73. The summed E-state index contributed by atoms with van der Waals surface area (Å²) in [6.45, 7) is 2.15. The van der Waals surface area contributed by atoms with Gasteiger partial charge in [0.2, 0.25) is 5.13 Å². The van der Waals surface area contributed by atoms with Crippen molar-refractivity contribution in [2.24, 2.45) is 5.10 Å². The van der Waals surface area contributed by atoms with E-state index in [9.17, 15) is 0 Å². The number of nitrogens with zero attached hydrogens (tertiary/aromatic N) is 2. The van der Waals surface area contributed by atoms with Gasteiger partial charge in [-0.15, -0.1) is 11.3 Å². The number of benzene rings is 2. The van der Waals surface area contributed by atoms with Gasteiger partial charge >= 0.3 is 0 Å². The Morgan fingerprint density at radius 1 is 1.09 bits per heavy atom. The van der Waals surface area contributed by atoms with Crippen LogP contribution in [0.2, 0.25) is 0 Å². The molecular formula is C18H17N3S. The maximum absolute atomic E-state index is 4.53. The van der Waals surface area contributed by atoms with E-state index in [0.717, 1.165) is 28.4 Å². The van der Waals surface area contributed by atoms with Crippen LogP contribution in [0.4, 0.5) is 5.13 Å². The van der Waals surface area contributed by atoms with E-state index in [1.54, 1.807) is 11.3 Å². The molecule has 0 saturated carbocycles. The molecule has 0 bridgehead atoms. The largest absolute Gasteiger partial charge is 0.253 e. The molecule has 0 unspecified atom stereocenters. The van der Waals surface area contributed by atoms with Crippen LogP contribution < -0.4 is 5.43 Å². The predicted octanol–water partition coefficient (Wildman–Crippen LogP) is 4.82. The van der Waals surface area contributed by atoms with E-state index in [-0.39, 0.29) is 0 Å². The zero-order valence-corrected chi connectivity index (χ0v) is 13.2. The third kappa shape index (κ3) is 3.59. The molecule has 0 spiro atoms. The van der Waals surface area contributed by atoms with Crippen molar-refractivity contribution in [1.82, 2.24) is 4.98 Å². The van der Waals surface area contributed by atoms with Gasteiger partial charge in [0.1, 0.15) is 0 Å². The van der Waals surface area contributed by atoms with Gasteiger partial charge in [-0.1, -0.05) is 61.5 Å². The van der Waals surface area contributed by atoms with Crippen molar-refractivity contribution in [3.8, 4) is 11.3 Å². The van der Waals surface area contributed by atoms with Crippen LogP contribution in [0.5, 0.6) is 0 Å². The molecule has 0 fully saturated rings. The van der Waals surface area contributed by atoms with E-state index in [4.69, 9.17) is 0 Å². The fraction of sp³-hybridized carbons (Fsp3) is 0.111. The number of hydrogen-bond donors (Lipinski definition) is 1. The second-order valence-electron chi connectivity index (χ2n) is 4.87. The van der Waals surface area contributed by atoms with E-state index in [1.165, 1.54) is 5.56 Å². The number of aromatic nitrogens is 1. The predicted molar refractivity (Wildman–Crippen MR) is 94.6 cm³/mol. The molecule has 0 aliphatic heterocycles. The molecule has 3 rings (SSSR count). The van der Waals surface area contributed by atoms with Crippen LogP contribution >= 0.6 is 11.3 Å². The molecule has 0 radical (unpaired) electrons. The lowest BCUT2D eigenvalue weighted by molar-refractivity contribution is 1.14. The Bertz CT molecular complexity index is 746. The Morgan fingerprint density at radius 2 is 1.86 bits per heavy atom. The van der Waals surface area contributed by atoms with E-state index in [0.29, 0.717) is 0 Å². The molecule has 0 atom stereocenters. The Kier molecular flexibility index (Phi) is 4.61. The number of rotatable bonds is 5. The van der Waals surface area contributed by atoms with Gasteiger partial charge in [-0.05, 0) is 17.5 Å². The summed E-state index contributed by atoms with van der Waals surface area (Å²) in [5.74, 6) is 0. The van der Waals surface area contributed by atoms with Crippen molar-refractivity contribution in [3.63, 3.8) is 0 Å². The summed E-state index contributed by atoms with van der Waals surface area (Å²) < 4.78 is 0. The Balaban J connectivity index is 1.64. The lowest BCUT2D eigenvalue weighted by Crippen LogP contribution is -1.90. The van der Waals surface area contributed by atoms with E-state index >= 15 is 0 Å². The fourth-order valence-electron chi connectivity index (χ4n) is 2.07. The number of aryl methyl sites for hydroxylation is 1. The quantitative estimate of drug-likeness (QED) is 0.542. The molecule has 22 heavy (non-hydrogen) atoms. The highest BCUT2D eigenvalue weighted by Crippen LogP contribution is 2.24. The summed E-state index contributed by atoms with van der Waals surface area (Å²) >= 11 is 1.55. The summed E-state index contributed by atoms with van der Waals surface area (Å²) in [5, 5.41) is 7.07. The van der Waals surface area contributed by atoms with Crippen LogP contribution in [0.1, 0.15) is 18.1 Å². The Morgan fingerprint density at radius 3 is 2.59 bits per heavy atom. The lowest BCUT2D eigenvalue weighted by Gasteiger charge is -1.97. The topological polar surface area (TPSA) is 37.3 Å². The molecule has 0 aliphatic rings. The zero-order chi connectivity index (χ0) is 15.2. The first-order valence-corrected chi connectivity index (χ1v) is 8.12. The molecule has 110 valence electrons. The van der Waals surface area contributed by atoms with Gasteiger partial charge in [-0.25, -0.2) is 4.98 Å². The van der Waals surface area contributed by atoms with Crippen LogP contribution in [-0.4, -0.2) is 11.2 Å². The van der Waals surface area contributed by atoms with Gasteiger partial charge in [0.05, 0.1) is 11.9 Å². The van der Waals surface area contributed by atoms with E-state index in [2.05, 4.69) is 58.8 Å². The van der Waals surface area contributed by atoms with Crippen molar-refractivity contribution in [2.75, 3.05) is 5.43 Å². The molecule has 0 saturated heterocycles. The first-order chi connectivity index (χ1) is 10.8. The fourth-order valence-corrected chi connectivity index (χ4v) is 2.74. The van der Waals surface area contributed by atoms with Gasteiger partial charge in [0, 0.05) is 10.9 Å². The van der Waals surface area contributed by atoms with Gasteiger partial charge in [-0.3, -0.25) is 5.43 Å². The van der Waals surface area contributed by atoms with Crippen molar-refractivity contribution >= 4 is 22.7 Å². The molecular weight excluding hydrogens is 290 g/mol. The average molecular weight is 307 g/mol. The maximum atomic E-state index is 4.53. The van der Waals surface area contributed by atoms with E-state index < -0.39 is 0 Å². The third-order valence-electron chi connectivity index (χ3n) is 3.34. The van der Waals surface area contributed by atoms with Crippen LogP contribution in [-0.2, 0) is 6.42 Å². The molecule has 1 aromatic heterocycles. The molecule has 4 heteroatoms. The Labute approximate surface area is 134 Å². The van der Waals surface area contributed by atoms with Gasteiger partial charge in [-0.2, -0.15) is 5.10 Å². The van der Waals surface area contributed by atoms with E-state index in [1.807, 2.05) is 29.8 Å². The highest BCUT2D eigenvalue weighted by molar-refractivity contribution is 7.14. The van der Waals surface area contributed by atoms with Crippen molar-refractivity contribution < 1.29 is 0 Å². The summed E-state index contributed by atoms with van der Waals surface area (Å²) in [6.07, 6.45) is 2.86. The van der Waals surface area contributed by atoms with Gasteiger partial charge < -0.3 is 0 Å². The third-order valence-corrected chi connectivity index (χ3v) is 4.08. The van der Waals surface area contributed by atoms with Crippen LogP contribution in [0.15, 0.2) is 65.1 Å². The van der Waals surface area contributed by atoms with Crippen LogP contribution in [0.25, 0.3) is 11.3 Å². The highest BCUT2D eigenvalue weighted by Gasteiger charge is 2.02. The summed E-state index contributed by atoms with van der Waals surface area (Å²) in [5.41, 5.74) is 7.48. The number of hydrogen-bond acceptors (Lipinski definition) is 4. The molecule has 2 aromatic carbocycles. The Hall–Kier alpha value is -2.46. The molecule has 1 N–H and O–H groups in total. The maximum Gasteiger partial charge on any atom is 0.203 e. The second kappa shape index (κ2) is 7.00. The van der Waals surface area contributed by atoms with Crippen LogP contribution in [0.3, 0.4) is 0 Å². The zero-order valence-electron chi connectivity index (χ0n) is 12.4. The minimum atomic E-state index is 0.792. The minimum Gasteiger partial charge on any atom is -0.253 e. The smallest absolute Gasteiger partial charge is 0.203 e. The van der Waals surface area contributed by atoms with Crippen molar-refractivity contribution in [3.05, 3.63) is 71.1 Å². The summed E-state index contributed by atoms with van der Waals surface area (Å²) in [4.78, 5) is 4.53. The molecule has 3 nitrogen and oxygen atoms in total. The first-order valence-electron chi connectivity index (χ1n) is 7.24. The normalized spacial score (nSPS) is 11.0. The molecule has 0 aliphatic carbocycles.